The number of rotatable bonds is 8. The third-order valence-electron chi connectivity index (χ3n) is 8.01. The zero-order valence-corrected chi connectivity index (χ0v) is 26.9. The number of hydrogen-bond donors (Lipinski definition) is 1. The number of hydrogen-bond acceptors (Lipinski definition) is 7. The van der Waals surface area contributed by atoms with Crippen molar-refractivity contribution in [3.05, 3.63) is 105 Å². The van der Waals surface area contributed by atoms with Crippen molar-refractivity contribution in [3.8, 4) is 11.3 Å². The first-order valence-corrected chi connectivity index (χ1v) is 16.2. The van der Waals surface area contributed by atoms with Crippen molar-refractivity contribution in [2.24, 2.45) is 12.0 Å². The van der Waals surface area contributed by atoms with Gasteiger partial charge in [-0.05, 0) is 73.6 Å². The lowest BCUT2D eigenvalue weighted by atomic mass is 9.96. The number of aromatic nitrogens is 2. The van der Waals surface area contributed by atoms with Crippen molar-refractivity contribution in [2.45, 2.75) is 33.2 Å². The Morgan fingerprint density at radius 2 is 1.95 bits per heavy atom. The predicted octanol–water partition coefficient (Wildman–Crippen LogP) is 5.49. The van der Waals surface area contributed by atoms with Crippen LogP contribution in [-0.4, -0.2) is 57.4 Å². The molecule has 0 spiro atoms. The standard InChI is InChI=1S/C34H39FN6O2S/c1-7-8-9-10-26(44(6)43)18-36-23(3)27-13-22(2)14-29-28(27)16-32(40(5)34(29)42)25-15-30(35)33(37-17-25)41-12-11-24-19-39(4)21-38-31(24)20-41/h7-10,13-19,23,36H,11-12,20-21H2,1-6H3/b8-7-,10-9-,26-18-/t23-,44?/m1/s1. The Hall–Kier alpha value is -4.31. The maximum Gasteiger partial charge on any atom is 0.258 e. The van der Waals surface area contributed by atoms with Crippen LogP contribution in [0.1, 0.15) is 37.4 Å². The minimum Gasteiger partial charge on any atom is -0.383 e. The summed E-state index contributed by atoms with van der Waals surface area (Å²) in [6.07, 6.45) is 15.4. The summed E-state index contributed by atoms with van der Waals surface area (Å²) in [7, 11) is 2.51. The molecule has 44 heavy (non-hydrogen) atoms. The molecule has 230 valence electrons. The molecule has 0 saturated carbocycles. The van der Waals surface area contributed by atoms with Crippen LogP contribution in [0, 0.1) is 12.7 Å². The molecule has 2 aliphatic rings. The first kappa shape index (κ1) is 31.1. The molecule has 4 heterocycles. The first-order valence-electron chi connectivity index (χ1n) is 14.7. The van der Waals surface area contributed by atoms with Gasteiger partial charge in [-0.3, -0.25) is 14.0 Å². The Morgan fingerprint density at radius 3 is 2.68 bits per heavy atom. The smallest absolute Gasteiger partial charge is 0.258 e. The summed E-state index contributed by atoms with van der Waals surface area (Å²) in [5, 5.41) is 4.71. The van der Waals surface area contributed by atoms with Gasteiger partial charge in [-0.25, -0.2) is 9.37 Å². The van der Waals surface area contributed by atoms with Crippen LogP contribution in [-0.2, 0) is 17.8 Å². The molecule has 8 nitrogen and oxygen atoms in total. The Labute approximate surface area is 260 Å². The van der Waals surface area contributed by atoms with Gasteiger partial charge in [0.15, 0.2) is 11.6 Å². The number of nitrogens with zero attached hydrogens (tertiary/aromatic N) is 5. The lowest BCUT2D eigenvalue weighted by Crippen LogP contribution is -2.40. The van der Waals surface area contributed by atoms with Gasteiger partial charge in [0.2, 0.25) is 0 Å². The van der Waals surface area contributed by atoms with E-state index in [2.05, 4.69) is 21.5 Å². The van der Waals surface area contributed by atoms with Crippen LogP contribution >= 0.6 is 0 Å². The van der Waals surface area contributed by atoms with Crippen molar-refractivity contribution in [1.82, 2.24) is 19.8 Å². The lowest BCUT2D eigenvalue weighted by molar-refractivity contribution is 0.459. The number of benzene rings is 1. The van der Waals surface area contributed by atoms with E-state index in [1.807, 2.05) is 80.1 Å². The van der Waals surface area contributed by atoms with Crippen LogP contribution in [0.2, 0.25) is 0 Å². The number of fused-ring (bicyclic) bond motifs is 2. The molecule has 1 N–H and O–H groups in total. The van der Waals surface area contributed by atoms with Gasteiger partial charge in [0, 0.05) is 62.5 Å². The number of nitrogens with one attached hydrogen (secondary N) is 1. The number of piperidine rings is 1. The summed E-state index contributed by atoms with van der Waals surface area (Å²) in [4.78, 5) is 27.4. The normalized spacial score (nSPS) is 17.2. The van der Waals surface area contributed by atoms with Crippen molar-refractivity contribution in [3.63, 3.8) is 0 Å². The fraction of sp³-hybridized carbons (Fsp3) is 0.324. The fourth-order valence-electron chi connectivity index (χ4n) is 5.65. The highest BCUT2D eigenvalue weighted by Crippen LogP contribution is 2.31. The first-order chi connectivity index (χ1) is 21.1. The van der Waals surface area contributed by atoms with Crippen LogP contribution < -0.4 is 15.8 Å². The average molecular weight is 615 g/mol. The fourth-order valence-corrected chi connectivity index (χ4v) is 6.15. The monoisotopic (exact) mass is 614 g/mol. The van der Waals surface area contributed by atoms with Gasteiger partial charge < -0.3 is 19.7 Å². The molecule has 0 radical (unpaired) electrons. The minimum atomic E-state index is -1.19. The second-order valence-electron chi connectivity index (χ2n) is 11.3. The molecule has 1 fully saturated rings. The highest BCUT2D eigenvalue weighted by molar-refractivity contribution is 7.88. The van der Waals surface area contributed by atoms with Crippen LogP contribution in [0.15, 0.2) is 87.4 Å². The predicted molar refractivity (Wildman–Crippen MR) is 180 cm³/mol. The molecule has 5 rings (SSSR count). The summed E-state index contributed by atoms with van der Waals surface area (Å²) < 4.78 is 29.5. The maximum atomic E-state index is 15.7. The van der Waals surface area contributed by atoms with Crippen LogP contribution in [0.4, 0.5) is 10.2 Å². The van der Waals surface area contributed by atoms with E-state index < -0.39 is 16.6 Å². The third kappa shape index (κ3) is 6.45. The van der Waals surface area contributed by atoms with Gasteiger partial charge in [0.05, 0.1) is 33.7 Å². The number of allylic oxidation sites excluding steroid dienone is 4. The summed E-state index contributed by atoms with van der Waals surface area (Å²) in [6.45, 7) is 7.63. The third-order valence-corrected chi connectivity index (χ3v) is 8.93. The highest BCUT2D eigenvalue weighted by Gasteiger charge is 2.26. The maximum absolute atomic E-state index is 15.7. The van der Waals surface area contributed by atoms with E-state index in [4.69, 9.17) is 0 Å². The topological polar surface area (TPSA) is 82.8 Å². The quantitative estimate of drug-likeness (QED) is 0.338. The van der Waals surface area contributed by atoms with E-state index in [0.29, 0.717) is 41.3 Å². The Kier molecular flexibility index (Phi) is 9.29. The van der Waals surface area contributed by atoms with Crippen LogP contribution in [0.25, 0.3) is 22.0 Å². The molecule has 3 aromatic rings. The molecule has 1 saturated heterocycles. The molecular weight excluding hydrogens is 575 g/mol. The van der Waals surface area contributed by atoms with Gasteiger partial charge >= 0.3 is 0 Å². The van der Waals surface area contributed by atoms with E-state index in [1.165, 1.54) is 11.6 Å². The molecule has 0 bridgehead atoms. The largest absolute Gasteiger partial charge is 0.383 e. The van der Waals surface area contributed by atoms with E-state index in [9.17, 15) is 9.00 Å². The van der Waals surface area contributed by atoms with Crippen molar-refractivity contribution < 1.29 is 8.60 Å². The van der Waals surface area contributed by atoms with E-state index in [-0.39, 0.29) is 17.4 Å². The molecule has 0 aliphatic carbocycles. The van der Waals surface area contributed by atoms with Gasteiger partial charge in [-0.1, -0.05) is 24.3 Å². The molecule has 10 heteroatoms. The lowest BCUT2D eigenvalue weighted by Gasteiger charge is -2.33. The zero-order chi connectivity index (χ0) is 31.5. The Balaban J connectivity index is 1.50. The van der Waals surface area contributed by atoms with E-state index in [1.54, 1.807) is 30.3 Å². The molecule has 2 aliphatic heterocycles. The number of anilines is 1. The summed E-state index contributed by atoms with van der Waals surface area (Å²) in [5.74, 6) is -0.153. The Morgan fingerprint density at radius 1 is 1.16 bits per heavy atom. The zero-order valence-electron chi connectivity index (χ0n) is 26.1. The van der Waals surface area contributed by atoms with Crippen LogP contribution in [0.5, 0.6) is 0 Å². The minimum absolute atomic E-state index is 0.171. The van der Waals surface area contributed by atoms with E-state index >= 15 is 4.39 Å². The SMILES string of the molecule is C\C=C/C=C\C(=C\N[C@H](C)c1cc(C)cc2c(=O)n(C)c(-c3cnc(N4CCC5=CN(C)CN=C5C4)c(F)c3)cc12)S(C)=O. The number of aliphatic imine (C=N–C) groups is 1. The molecule has 1 unspecified atom stereocenters. The summed E-state index contributed by atoms with van der Waals surface area (Å²) >= 11 is 0. The molecule has 2 aromatic heterocycles. The van der Waals surface area contributed by atoms with Gasteiger partial charge in [0.25, 0.3) is 5.56 Å². The molecule has 0 amide bonds. The van der Waals surface area contributed by atoms with Crippen molar-refractivity contribution >= 4 is 33.1 Å². The average Bonchev–Trinajstić information content (AvgIpc) is 3.00. The summed E-state index contributed by atoms with van der Waals surface area (Å²) in [5.41, 5.74) is 4.95. The Bertz CT molecular complexity index is 1840. The van der Waals surface area contributed by atoms with Gasteiger partial charge in [-0.15, -0.1) is 0 Å². The molecule has 2 atom stereocenters. The van der Waals surface area contributed by atoms with Crippen molar-refractivity contribution in [1.29, 1.82) is 0 Å². The number of pyridine rings is 2. The van der Waals surface area contributed by atoms with E-state index in [0.717, 1.165) is 28.6 Å². The van der Waals surface area contributed by atoms with Gasteiger partial charge in [0.1, 0.15) is 6.67 Å². The molecule has 1 aromatic carbocycles. The van der Waals surface area contributed by atoms with Crippen LogP contribution in [0.3, 0.4) is 0 Å². The number of aryl methyl sites for hydroxylation is 1. The molecular formula is C34H39FN6O2S. The second-order valence-corrected chi connectivity index (χ2v) is 12.7. The second kappa shape index (κ2) is 13.1. The highest BCUT2D eigenvalue weighted by atomic mass is 32.2. The summed E-state index contributed by atoms with van der Waals surface area (Å²) in [6, 6.07) is 7.11. The van der Waals surface area contributed by atoms with Gasteiger partial charge in [-0.2, -0.15) is 0 Å². The van der Waals surface area contributed by atoms with Crippen molar-refractivity contribution in [2.75, 3.05) is 38.0 Å². The number of halogens is 1.